The molecular weight excluding hydrogens is 281 g/mol. The summed E-state index contributed by atoms with van der Waals surface area (Å²) in [6.07, 6.45) is 1.02. The SMILES string of the molecule is CN(Cc1ccccc1F)C(=O)CCCOc1ccccc1. The Hall–Kier alpha value is -2.36. The highest BCUT2D eigenvalue weighted by molar-refractivity contribution is 5.75. The molecule has 0 saturated heterocycles. The molecule has 22 heavy (non-hydrogen) atoms. The molecule has 116 valence electrons. The van der Waals surface area contributed by atoms with Gasteiger partial charge in [0.2, 0.25) is 5.91 Å². The first-order valence-corrected chi connectivity index (χ1v) is 7.32. The second-order valence-corrected chi connectivity index (χ2v) is 5.11. The molecule has 0 saturated carbocycles. The van der Waals surface area contributed by atoms with E-state index in [4.69, 9.17) is 4.74 Å². The van der Waals surface area contributed by atoms with Gasteiger partial charge in [-0.05, 0) is 24.6 Å². The molecule has 0 atom stereocenters. The molecule has 0 fully saturated rings. The number of nitrogens with zero attached hydrogens (tertiary/aromatic N) is 1. The maximum absolute atomic E-state index is 13.5. The van der Waals surface area contributed by atoms with Crippen molar-refractivity contribution < 1.29 is 13.9 Å². The average Bonchev–Trinajstić information content (AvgIpc) is 2.54. The lowest BCUT2D eigenvalue weighted by molar-refractivity contribution is -0.130. The fourth-order valence-electron chi connectivity index (χ4n) is 2.09. The molecule has 1 amide bonds. The second kappa shape index (κ2) is 8.17. The highest BCUT2D eigenvalue weighted by Gasteiger charge is 2.11. The van der Waals surface area contributed by atoms with Crippen molar-refractivity contribution in [3.8, 4) is 5.75 Å². The summed E-state index contributed by atoms with van der Waals surface area (Å²) < 4.78 is 19.1. The Morgan fingerprint density at radius 1 is 1.09 bits per heavy atom. The normalized spacial score (nSPS) is 10.3. The van der Waals surface area contributed by atoms with Crippen LogP contribution < -0.4 is 4.74 Å². The molecule has 0 aromatic heterocycles. The molecule has 0 heterocycles. The maximum Gasteiger partial charge on any atom is 0.222 e. The molecule has 0 aliphatic heterocycles. The molecule has 0 aliphatic rings. The third-order valence-electron chi connectivity index (χ3n) is 3.34. The second-order valence-electron chi connectivity index (χ2n) is 5.11. The van der Waals surface area contributed by atoms with E-state index < -0.39 is 0 Å². The number of hydrogen-bond acceptors (Lipinski definition) is 2. The third-order valence-corrected chi connectivity index (χ3v) is 3.34. The molecule has 4 heteroatoms. The van der Waals surface area contributed by atoms with Crippen molar-refractivity contribution in [1.82, 2.24) is 4.90 Å². The Balaban J connectivity index is 1.71. The van der Waals surface area contributed by atoms with Crippen LogP contribution >= 0.6 is 0 Å². The van der Waals surface area contributed by atoms with E-state index in [-0.39, 0.29) is 18.3 Å². The van der Waals surface area contributed by atoms with E-state index in [1.165, 1.54) is 6.07 Å². The molecular formula is C18H20FNO2. The number of para-hydroxylation sites is 1. The molecule has 0 unspecified atom stereocenters. The molecule has 3 nitrogen and oxygen atoms in total. The number of halogens is 1. The minimum Gasteiger partial charge on any atom is -0.494 e. The topological polar surface area (TPSA) is 29.5 Å². The van der Waals surface area contributed by atoms with Crippen molar-refractivity contribution in [3.05, 3.63) is 66.0 Å². The Kier molecular flexibility index (Phi) is 5.95. The number of benzene rings is 2. The van der Waals surface area contributed by atoms with Gasteiger partial charge in [-0.3, -0.25) is 4.79 Å². The van der Waals surface area contributed by atoms with E-state index in [1.54, 1.807) is 30.1 Å². The highest BCUT2D eigenvalue weighted by Crippen LogP contribution is 2.11. The highest BCUT2D eigenvalue weighted by atomic mass is 19.1. The first-order valence-electron chi connectivity index (χ1n) is 7.32. The fourth-order valence-corrected chi connectivity index (χ4v) is 2.09. The number of hydrogen-bond donors (Lipinski definition) is 0. The molecule has 2 rings (SSSR count). The van der Waals surface area contributed by atoms with Crippen LogP contribution in [0.25, 0.3) is 0 Å². The number of rotatable bonds is 7. The summed E-state index contributed by atoms with van der Waals surface area (Å²) in [5, 5.41) is 0. The Bertz CT molecular complexity index is 601. The van der Waals surface area contributed by atoms with Gasteiger partial charge in [0.15, 0.2) is 0 Å². The van der Waals surface area contributed by atoms with Gasteiger partial charge in [-0.25, -0.2) is 4.39 Å². The van der Waals surface area contributed by atoms with E-state index in [1.807, 2.05) is 30.3 Å². The fraction of sp³-hybridized carbons (Fsp3) is 0.278. The molecule has 0 aliphatic carbocycles. The summed E-state index contributed by atoms with van der Waals surface area (Å²) >= 11 is 0. The van der Waals surface area contributed by atoms with Gasteiger partial charge >= 0.3 is 0 Å². The zero-order chi connectivity index (χ0) is 15.8. The predicted octanol–water partition coefficient (Wildman–Crippen LogP) is 3.64. The van der Waals surface area contributed by atoms with Gasteiger partial charge in [0.25, 0.3) is 0 Å². The van der Waals surface area contributed by atoms with Crippen LogP contribution in [-0.4, -0.2) is 24.5 Å². The Morgan fingerprint density at radius 3 is 2.50 bits per heavy atom. The molecule has 2 aromatic carbocycles. The zero-order valence-corrected chi connectivity index (χ0v) is 12.7. The molecule has 0 N–H and O–H groups in total. The zero-order valence-electron chi connectivity index (χ0n) is 12.7. The third kappa shape index (κ3) is 4.88. The first-order chi connectivity index (χ1) is 10.7. The summed E-state index contributed by atoms with van der Waals surface area (Å²) in [7, 11) is 1.69. The predicted molar refractivity (Wildman–Crippen MR) is 84.0 cm³/mol. The number of carbonyl (C=O) groups excluding carboxylic acids is 1. The van der Waals surface area contributed by atoms with E-state index in [0.717, 1.165) is 5.75 Å². The largest absolute Gasteiger partial charge is 0.494 e. The quantitative estimate of drug-likeness (QED) is 0.731. The molecule has 2 aromatic rings. The van der Waals surface area contributed by atoms with Crippen LogP contribution in [0.3, 0.4) is 0 Å². The van der Waals surface area contributed by atoms with Gasteiger partial charge in [-0.2, -0.15) is 0 Å². The summed E-state index contributed by atoms with van der Waals surface area (Å²) in [6, 6.07) is 16.0. The smallest absolute Gasteiger partial charge is 0.222 e. The van der Waals surface area contributed by atoms with Crippen LogP contribution in [-0.2, 0) is 11.3 Å². The summed E-state index contributed by atoms with van der Waals surface area (Å²) in [6.45, 7) is 0.772. The van der Waals surface area contributed by atoms with Crippen molar-refractivity contribution in [2.75, 3.05) is 13.7 Å². The number of amides is 1. The lowest BCUT2D eigenvalue weighted by Gasteiger charge is -2.17. The molecule has 0 spiro atoms. The summed E-state index contributed by atoms with van der Waals surface area (Å²) in [4.78, 5) is 13.6. The van der Waals surface area contributed by atoms with E-state index >= 15 is 0 Å². The minimum atomic E-state index is -0.283. The number of ether oxygens (including phenoxy) is 1. The van der Waals surface area contributed by atoms with Crippen molar-refractivity contribution in [2.24, 2.45) is 0 Å². The molecule has 0 radical (unpaired) electrons. The van der Waals surface area contributed by atoms with Crippen LogP contribution in [0.1, 0.15) is 18.4 Å². The monoisotopic (exact) mass is 301 g/mol. The minimum absolute atomic E-state index is 0.0140. The van der Waals surface area contributed by atoms with Crippen LogP contribution in [0.15, 0.2) is 54.6 Å². The van der Waals surface area contributed by atoms with Gasteiger partial charge in [0, 0.05) is 25.6 Å². The molecule has 0 bridgehead atoms. The van der Waals surface area contributed by atoms with Gasteiger partial charge in [-0.15, -0.1) is 0 Å². The first kappa shape index (κ1) is 16.0. The maximum atomic E-state index is 13.5. The van der Waals surface area contributed by atoms with Crippen LogP contribution in [0.5, 0.6) is 5.75 Å². The Labute approximate surface area is 130 Å². The standard InChI is InChI=1S/C18H20FNO2/c1-20(14-15-8-5-6-11-17(15)19)18(21)12-7-13-22-16-9-3-2-4-10-16/h2-6,8-11H,7,12-14H2,1H3. The Morgan fingerprint density at radius 2 is 1.77 bits per heavy atom. The lowest BCUT2D eigenvalue weighted by Crippen LogP contribution is -2.26. The van der Waals surface area contributed by atoms with E-state index in [0.29, 0.717) is 25.0 Å². The van der Waals surface area contributed by atoms with Gasteiger partial charge < -0.3 is 9.64 Å². The van der Waals surface area contributed by atoms with Gasteiger partial charge in [0.1, 0.15) is 11.6 Å². The van der Waals surface area contributed by atoms with E-state index in [2.05, 4.69) is 0 Å². The van der Waals surface area contributed by atoms with Gasteiger partial charge in [0.05, 0.1) is 6.61 Å². The summed E-state index contributed by atoms with van der Waals surface area (Å²) in [5.41, 5.74) is 0.527. The van der Waals surface area contributed by atoms with Crippen molar-refractivity contribution in [2.45, 2.75) is 19.4 Å². The van der Waals surface area contributed by atoms with Crippen molar-refractivity contribution >= 4 is 5.91 Å². The number of carbonyl (C=O) groups is 1. The summed E-state index contributed by atoms with van der Waals surface area (Å²) in [5.74, 6) is 0.504. The van der Waals surface area contributed by atoms with Crippen molar-refractivity contribution in [3.63, 3.8) is 0 Å². The van der Waals surface area contributed by atoms with E-state index in [9.17, 15) is 9.18 Å². The van der Waals surface area contributed by atoms with Crippen molar-refractivity contribution in [1.29, 1.82) is 0 Å². The van der Waals surface area contributed by atoms with Crippen LogP contribution in [0.2, 0.25) is 0 Å². The lowest BCUT2D eigenvalue weighted by atomic mass is 10.2. The average molecular weight is 301 g/mol. The van der Waals surface area contributed by atoms with Gasteiger partial charge in [-0.1, -0.05) is 36.4 Å². The van der Waals surface area contributed by atoms with Crippen LogP contribution in [0, 0.1) is 5.82 Å². The van der Waals surface area contributed by atoms with Crippen LogP contribution in [0.4, 0.5) is 4.39 Å².